The number of benzene rings is 2. The van der Waals surface area contributed by atoms with Crippen molar-refractivity contribution in [2.75, 3.05) is 45.7 Å². The van der Waals surface area contributed by atoms with E-state index in [0.29, 0.717) is 24.3 Å². The average Bonchev–Trinajstić information content (AvgIpc) is 2.78. The lowest BCUT2D eigenvalue weighted by molar-refractivity contribution is -0.115. The molecule has 7 nitrogen and oxygen atoms in total. The first-order valence-corrected chi connectivity index (χ1v) is 10.4. The fraction of sp³-hybridized carbons (Fsp3) is 0.261. The highest BCUT2D eigenvalue weighted by Gasteiger charge is 2.22. The lowest BCUT2D eigenvalue weighted by atomic mass is 10.1. The largest absolute Gasteiger partial charge is 0.497 e. The van der Waals surface area contributed by atoms with Crippen LogP contribution >= 0.6 is 12.2 Å². The summed E-state index contributed by atoms with van der Waals surface area (Å²) in [7, 11) is 3.64. The second-order valence-corrected chi connectivity index (χ2v) is 7.60. The molecule has 0 atom stereocenters. The van der Waals surface area contributed by atoms with Crippen LogP contribution in [0.1, 0.15) is 15.9 Å². The number of rotatable bonds is 5. The summed E-state index contributed by atoms with van der Waals surface area (Å²) in [5, 5.41) is 5.71. The molecular weight excluding hydrogens is 412 g/mol. The van der Waals surface area contributed by atoms with Gasteiger partial charge in [-0.2, -0.15) is 0 Å². The second-order valence-electron chi connectivity index (χ2n) is 7.19. The molecule has 0 radical (unpaired) electrons. The summed E-state index contributed by atoms with van der Waals surface area (Å²) in [5.41, 5.74) is 1.95. The maximum Gasteiger partial charge on any atom is 0.256 e. The number of hydrogen-bond donors (Lipinski definition) is 2. The Labute approximate surface area is 187 Å². The van der Waals surface area contributed by atoms with Crippen LogP contribution in [-0.2, 0) is 4.79 Å². The number of nitrogens with zero attached hydrogens (tertiary/aromatic N) is 2. The first-order chi connectivity index (χ1) is 15.0. The van der Waals surface area contributed by atoms with E-state index in [-0.39, 0.29) is 16.9 Å². The Balaban J connectivity index is 1.59. The van der Waals surface area contributed by atoms with Crippen LogP contribution in [0, 0.1) is 0 Å². The van der Waals surface area contributed by atoms with E-state index in [1.807, 2.05) is 48.3 Å². The van der Waals surface area contributed by atoms with Gasteiger partial charge in [-0.25, -0.2) is 0 Å². The molecule has 1 fully saturated rings. The van der Waals surface area contributed by atoms with Crippen LogP contribution in [0.4, 0.5) is 5.69 Å². The summed E-state index contributed by atoms with van der Waals surface area (Å²) < 4.78 is 5.12. The van der Waals surface area contributed by atoms with Crippen LogP contribution in [0.5, 0.6) is 5.75 Å². The van der Waals surface area contributed by atoms with E-state index < -0.39 is 0 Å². The lowest BCUT2D eigenvalue weighted by Crippen LogP contribution is -2.47. The molecule has 0 aliphatic carbocycles. The number of para-hydroxylation sites is 1. The van der Waals surface area contributed by atoms with Crippen molar-refractivity contribution < 1.29 is 14.3 Å². The van der Waals surface area contributed by atoms with Crippen LogP contribution in [0.2, 0.25) is 0 Å². The molecule has 162 valence electrons. The summed E-state index contributed by atoms with van der Waals surface area (Å²) in [6, 6.07) is 14.5. The van der Waals surface area contributed by atoms with Gasteiger partial charge in [0.05, 0.1) is 18.4 Å². The number of carbonyl (C=O) groups is 2. The second kappa shape index (κ2) is 10.7. The molecule has 2 aromatic carbocycles. The van der Waals surface area contributed by atoms with Gasteiger partial charge in [-0.1, -0.05) is 24.3 Å². The number of piperazine rings is 1. The first kappa shape index (κ1) is 22.5. The van der Waals surface area contributed by atoms with Gasteiger partial charge >= 0.3 is 0 Å². The monoisotopic (exact) mass is 438 g/mol. The average molecular weight is 439 g/mol. The topological polar surface area (TPSA) is 73.9 Å². The number of nitrogens with one attached hydrogen (secondary N) is 2. The van der Waals surface area contributed by atoms with E-state index in [2.05, 4.69) is 15.5 Å². The van der Waals surface area contributed by atoms with Gasteiger partial charge in [0.1, 0.15) is 5.75 Å². The zero-order valence-corrected chi connectivity index (χ0v) is 18.4. The molecule has 1 heterocycles. The molecule has 8 heteroatoms. The Hall–Kier alpha value is -3.23. The van der Waals surface area contributed by atoms with Gasteiger partial charge in [0, 0.05) is 32.3 Å². The fourth-order valence-electron chi connectivity index (χ4n) is 3.15. The third kappa shape index (κ3) is 6.37. The number of anilines is 1. The van der Waals surface area contributed by atoms with Crippen LogP contribution < -0.4 is 15.4 Å². The van der Waals surface area contributed by atoms with Gasteiger partial charge in [-0.15, -0.1) is 0 Å². The molecule has 31 heavy (non-hydrogen) atoms. The number of carbonyl (C=O) groups excluding carboxylic acids is 2. The maximum atomic E-state index is 13.0. The Morgan fingerprint density at radius 2 is 1.71 bits per heavy atom. The first-order valence-electron chi connectivity index (χ1n) is 9.97. The minimum atomic E-state index is -0.365. The zero-order valence-electron chi connectivity index (χ0n) is 17.6. The van der Waals surface area contributed by atoms with Crippen LogP contribution in [0.25, 0.3) is 6.08 Å². The van der Waals surface area contributed by atoms with Crippen LogP contribution in [-0.4, -0.2) is 67.1 Å². The summed E-state index contributed by atoms with van der Waals surface area (Å²) in [6.07, 6.45) is 3.08. The molecule has 0 aromatic heterocycles. The molecule has 1 aliphatic rings. The Morgan fingerprint density at radius 3 is 2.39 bits per heavy atom. The molecule has 1 aliphatic heterocycles. The number of amides is 2. The minimum absolute atomic E-state index is 0.0512. The van der Waals surface area contributed by atoms with Crippen molar-refractivity contribution in [3.05, 3.63) is 65.7 Å². The zero-order chi connectivity index (χ0) is 22.2. The SMILES string of the molecule is COc1ccc(C=CC(=O)NC(=S)Nc2ccccc2C(=O)N2CCN(C)CC2)cc1. The van der Waals surface area contributed by atoms with Crippen molar-refractivity contribution in [1.29, 1.82) is 0 Å². The minimum Gasteiger partial charge on any atom is -0.497 e. The molecule has 3 rings (SSSR count). The molecule has 0 bridgehead atoms. The van der Waals surface area contributed by atoms with Gasteiger partial charge in [0.15, 0.2) is 5.11 Å². The molecule has 0 saturated carbocycles. The van der Waals surface area contributed by atoms with Gasteiger partial charge < -0.3 is 19.9 Å². The third-order valence-corrected chi connectivity index (χ3v) is 5.18. The molecule has 2 aromatic rings. The van der Waals surface area contributed by atoms with Crippen LogP contribution in [0.3, 0.4) is 0 Å². The highest BCUT2D eigenvalue weighted by atomic mass is 32.1. The normalized spacial score (nSPS) is 14.3. The van der Waals surface area contributed by atoms with Crippen LogP contribution in [0.15, 0.2) is 54.6 Å². The predicted octanol–water partition coefficient (Wildman–Crippen LogP) is 2.61. The number of methoxy groups -OCH3 is 1. The molecular formula is C23H26N4O3S. The maximum absolute atomic E-state index is 13.0. The lowest BCUT2D eigenvalue weighted by Gasteiger charge is -2.32. The molecule has 2 amide bonds. The van der Waals surface area contributed by atoms with Crippen molar-refractivity contribution in [1.82, 2.24) is 15.1 Å². The summed E-state index contributed by atoms with van der Waals surface area (Å²) in [6.45, 7) is 3.05. The van der Waals surface area contributed by atoms with Gasteiger partial charge in [0.2, 0.25) is 5.91 Å². The standard InChI is InChI=1S/C23H26N4O3S/c1-26-13-15-27(16-14-26)22(29)19-5-3-4-6-20(19)24-23(31)25-21(28)12-9-17-7-10-18(30-2)11-8-17/h3-12H,13-16H2,1-2H3,(H2,24,25,28,31). The fourth-order valence-corrected chi connectivity index (χ4v) is 3.36. The van der Waals surface area contributed by atoms with Crippen molar-refractivity contribution >= 4 is 40.9 Å². The van der Waals surface area contributed by atoms with Crippen molar-refractivity contribution in [2.24, 2.45) is 0 Å². The van der Waals surface area contributed by atoms with E-state index in [0.717, 1.165) is 24.4 Å². The molecule has 1 saturated heterocycles. The number of ether oxygens (including phenoxy) is 1. The Morgan fingerprint density at radius 1 is 1.03 bits per heavy atom. The smallest absolute Gasteiger partial charge is 0.256 e. The molecule has 0 unspecified atom stereocenters. The quantitative estimate of drug-likeness (QED) is 0.552. The highest BCUT2D eigenvalue weighted by Crippen LogP contribution is 2.18. The number of hydrogen-bond acceptors (Lipinski definition) is 5. The summed E-state index contributed by atoms with van der Waals surface area (Å²) in [4.78, 5) is 29.2. The Kier molecular flexibility index (Phi) is 7.75. The van der Waals surface area contributed by atoms with E-state index in [4.69, 9.17) is 17.0 Å². The van der Waals surface area contributed by atoms with Gasteiger partial charge in [0.25, 0.3) is 5.91 Å². The molecule has 0 spiro atoms. The van der Waals surface area contributed by atoms with Gasteiger partial charge in [-0.05, 0) is 55.2 Å². The van der Waals surface area contributed by atoms with Crippen molar-refractivity contribution in [3.8, 4) is 5.75 Å². The van der Waals surface area contributed by atoms with Crippen molar-refractivity contribution in [2.45, 2.75) is 0 Å². The van der Waals surface area contributed by atoms with E-state index in [1.165, 1.54) is 6.08 Å². The van der Waals surface area contributed by atoms with E-state index in [9.17, 15) is 9.59 Å². The summed E-state index contributed by atoms with van der Waals surface area (Å²) >= 11 is 5.27. The summed E-state index contributed by atoms with van der Waals surface area (Å²) in [5.74, 6) is 0.331. The third-order valence-electron chi connectivity index (χ3n) is 4.98. The number of likely N-dealkylation sites (N-methyl/N-ethyl adjacent to an activating group) is 1. The van der Waals surface area contributed by atoms with Crippen molar-refractivity contribution in [3.63, 3.8) is 0 Å². The molecule has 2 N–H and O–H groups in total. The van der Waals surface area contributed by atoms with E-state index in [1.54, 1.807) is 25.3 Å². The van der Waals surface area contributed by atoms with E-state index >= 15 is 0 Å². The van der Waals surface area contributed by atoms with Gasteiger partial charge in [-0.3, -0.25) is 14.9 Å². The Bertz CT molecular complexity index is 967. The number of thiocarbonyl (C=S) groups is 1. The highest BCUT2D eigenvalue weighted by molar-refractivity contribution is 7.80. The predicted molar refractivity (Wildman–Crippen MR) is 126 cm³/mol.